The largest absolute Gasteiger partial charge is 0.0874 e. The van der Waals surface area contributed by atoms with Gasteiger partial charge in [0.05, 0.1) is 0 Å². The van der Waals surface area contributed by atoms with Crippen LogP contribution >= 0.6 is 0 Å². The van der Waals surface area contributed by atoms with E-state index in [1.54, 1.807) is 11.1 Å². The van der Waals surface area contributed by atoms with Crippen LogP contribution in [0, 0.1) is 23.7 Å². The molecule has 0 heteroatoms. The van der Waals surface area contributed by atoms with Gasteiger partial charge in [-0.25, -0.2) is 0 Å². The molecule has 1 aliphatic rings. The van der Waals surface area contributed by atoms with E-state index in [0.717, 1.165) is 23.7 Å². The Bertz CT molecular complexity index is 282. The fraction of sp³-hybridized carbons (Fsp3) is 0.750. The third kappa shape index (κ3) is 2.59. The normalized spacial score (nSPS) is 33.5. The fourth-order valence-electron chi connectivity index (χ4n) is 2.97. The molecule has 0 heterocycles. The van der Waals surface area contributed by atoms with Crippen molar-refractivity contribution in [3.8, 4) is 0 Å². The second-order valence-electron chi connectivity index (χ2n) is 5.63. The minimum atomic E-state index is 0.756. The molecule has 0 aromatic heterocycles. The maximum Gasteiger partial charge on any atom is -0.0134 e. The van der Waals surface area contributed by atoms with Crippen molar-refractivity contribution in [2.45, 2.75) is 54.4 Å². The zero-order chi connectivity index (χ0) is 12.3. The molecule has 0 aromatic carbocycles. The molecule has 0 amide bonds. The van der Waals surface area contributed by atoms with Crippen LogP contribution in [0.4, 0.5) is 0 Å². The molecule has 0 bridgehead atoms. The monoisotopic (exact) mass is 220 g/mol. The third-order valence-electron chi connectivity index (χ3n) is 4.69. The van der Waals surface area contributed by atoms with Gasteiger partial charge in [0, 0.05) is 0 Å². The van der Waals surface area contributed by atoms with E-state index in [0.29, 0.717) is 0 Å². The van der Waals surface area contributed by atoms with Gasteiger partial charge in [0.25, 0.3) is 0 Å². The highest BCUT2D eigenvalue weighted by atomic mass is 14.4. The average molecular weight is 220 g/mol. The summed E-state index contributed by atoms with van der Waals surface area (Å²) in [5, 5.41) is 0. The summed E-state index contributed by atoms with van der Waals surface area (Å²) in [6.07, 6.45) is 7.22. The molecule has 0 spiro atoms. The van der Waals surface area contributed by atoms with Crippen LogP contribution in [0.2, 0.25) is 0 Å². The van der Waals surface area contributed by atoms with E-state index >= 15 is 0 Å². The molecule has 0 aromatic rings. The van der Waals surface area contributed by atoms with E-state index in [2.05, 4.69) is 53.7 Å². The molecule has 4 atom stereocenters. The van der Waals surface area contributed by atoms with Gasteiger partial charge in [0.2, 0.25) is 0 Å². The van der Waals surface area contributed by atoms with Crippen molar-refractivity contribution < 1.29 is 0 Å². The first kappa shape index (κ1) is 13.5. The summed E-state index contributed by atoms with van der Waals surface area (Å²) in [6.45, 7) is 14.0. The van der Waals surface area contributed by atoms with Crippen LogP contribution in [0.25, 0.3) is 0 Å². The minimum absolute atomic E-state index is 0.756. The molecule has 0 aliphatic heterocycles. The van der Waals surface area contributed by atoms with Gasteiger partial charge < -0.3 is 0 Å². The first-order valence-corrected chi connectivity index (χ1v) is 6.86. The highest BCUT2D eigenvalue weighted by molar-refractivity contribution is 5.31. The quantitative estimate of drug-likeness (QED) is 0.612. The Morgan fingerprint density at radius 3 is 2.50 bits per heavy atom. The zero-order valence-electron chi connectivity index (χ0n) is 11.9. The van der Waals surface area contributed by atoms with Gasteiger partial charge in [-0.2, -0.15) is 0 Å². The van der Waals surface area contributed by atoms with E-state index < -0.39 is 0 Å². The first-order valence-electron chi connectivity index (χ1n) is 6.86. The molecular formula is C16H28. The van der Waals surface area contributed by atoms with Crippen LogP contribution in [0.1, 0.15) is 54.4 Å². The molecular weight excluding hydrogens is 192 g/mol. The number of allylic oxidation sites excluding steroid dienone is 4. The average Bonchev–Trinajstić information content (AvgIpc) is 2.28. The van der Waals surface area contributed by atoms with Crippen molar-refractivity contribution >= 4 is 0 Å². The van der Waals surface area contributed by atoms with Crippen LogP contribution in [0.15, 0.2) is 23.3 Å². The molecule has 1 rings (SSSR count). The lowest BCUT2D eigenvalue weighted by atomic mass is 9.68. The predicted molar refractivity (Wildman–Crippen MR) is 73.4 cm³/mol. The SMILES string of the molecule is C/C=C\C1=C(C)C(C)C(C)CC1C(C)CC. The molecule has 0 saturated carbocycles. The van der Waals surface area contributed by atoms with Gasteiger partial charge in [-0.15, -0.1) is 0 Å². The van der Waals surface area contributed by atoms with Gasteiger partial charge in [0.15, 0.2) is 0 Å². The molecule has 0 radical (unpaired) electrons. The number of rotatable bonds is 3. The molecule has 0 fully saturated rings. The molecule has 92 valence electrons. The summed E-state index contributed by atoms with van der Waals surface area (Å²) >= 11 is 0. The van der Waals surface area contributed by atoms with Gasteiger partial charge in [-0.05, 0) is 49.5 Å². The third-order valence-corrected chi connectivity index (χ3v) is 4.69. The van der Waals surface area contributed by atoms with Crippen LogP contribution < -0.4 is 0 Å². The lowest BCUT2D eigenvalue weighted by molar-refractivity contribution is 0.264. The van der Waals surface area contributed by atoms with E-state index in [4.69, 9.17) is 0 Å². The molecule has 0 N–H and O–H groups in total. The van der Waals surface area contributed by atoms with Gasteiger partial charge in [0.1, 0.15) is 0 Å². The topological polar surface area (TPSA) is 0 Å². The summed E-state index contributed by atoms with van der Waals surface area (Å²) in [6, 6.07) is 0. The van der Waals surface area contributed by atoms with Crippen molar-refractivity contribution in [2.75, 3.05) is 0 Å². The lowest BCUT2D eigenvalue weighted by Gasteiger charge is -2.37. The highest BCUT2D eigenvalue weighted by Gasteiger charge is 2.31. The Morgan fingerprint density at radius 2 is 2.00 bits per heavy atom. The summed E-state index contributed by atoms with van der Waals surface area (Å²) < 4.78 is 0. The Kier molecular flexibility index (Phi) is 4.83. The van der Waals surface area contributed by atoms with Crippen LogP contribution in [-0.2, 0) is 0 Å². The van der Waals surface area contributed by atoms with Crippen LogP contribution in [0.3, 0.4) is 0 Å². The van der Waals surface area contributed by atoms with E-state index in [-0.39, 0.29) is 0 Å². The second kappa shape index (κ2) is 5.70. The van der Waals surface area contributed by atoms with E-state index in [9.17, 15) is 0 Å². The smallest absolute Gasteiger partial charge is 0.0134 e. The Morgan fingerprint density at radius 1 is 1.38 bits per heavy atom. The molecule has 16 heavy (non-hydrogen) atoms. The van der Waals surface area contributed by atoms with Crippen LogP contribution in [-0.4, -0.2) is 0 Å². The maximum absolute atomic E-state index is 2.41. The predicted octanol–water partition coefficient (Wildman–Crippen LogP) is 5.22. The van der Waals surface area contributed by atoms with Gasteiger partial charge in [-0.3, -0.25) is 0 Å². The minimum Gasteiger partial charge on any atom is -0.0874 e. The number of hydrogen-bond donors (Lipinski definition) is 0. The molecule has 4 unspecified atom stereocenters. The van der Waals surface area contributed by atoms with Crippen molar-refractivity contribution in [1.82, 2.24) is 0 Å². The Balaban J connectivity index is 3.07. The molecule has 1 aliphatic carbocycles. The Hall–Kier alpha value is -0.520. The standard InChI is InChI=1S/C16H28/c1-7-9-15-14(6)13(5)12(4)10-16(15)11(3)8-2/h7,9,11-13,16H,8,10H2,1-6H3/b9-7-. The lowest BCUT2D eigenvalue weighted by Crippen LogP contribution is -2.27. The summed E-state index contributed by atoms with van der Waals surface area (Å²) in [5.74, 6) is 3.20. The molecule has 0 nitrogen and oxygen atoms in total. The van der Waals surface area contributed by atoms with Crippen molar-refractivity contribution in [2.24, 2.45) is 23.7 Å². The van der Waals surface area contributed by atoms with Gasteiger partial charge >= 0.3 is 0 Å². The first-order chi connectivity index (χ1) is 7.52. The fourth-order valence-corrected chi connectivity index (χ4v) is 2.97. The summed E-state index contributed by atoms with van der Waals surface area (Å²) in [5.41, 5.74) is 3.25. The summed E-state index contributed by atoms with van der Waals surface area (Å²) in [4.78, 5) is 0. The maximum atomic E-state index is 2.41. The van der Waals surface area contributed by atoms with Crippen molar-refractivity contribution in [3.63, 3.8) is 0 Å². The van der Waals surface area contributed by atoms with Gasteiger partial charge in [-0.1, -0.05) is 51.8 Å². The summed E-state index contributed by atoms with van der Waals surface area (Å²) in [7, 11) is 0. The highest BCUT2D eigenvalue weighted by Crippen LogP contribution is 2.42. The van der Waals surface area contributed by atoms with E-state index in [1.165, 1.54) is 12.8 Å². The zero-order valence-corrected chi connectivity index (χ0v) is 11.9. The van der Waals surface area contributed by atoms with Crippen LogP contribution in [0.5, 0.6) is 0 Å². The number of hydrogen-bond acceptors (Lipinski definition) is 0. The molecule has 0 saturated heterocycles. The Labute approximate surface area is 102 Å². The second-order valence-corrected chi connectivity index (χ2v) is 5.63. The van der Waals surface area contributed by atoms with E-state index in [1.807, 2.05) is 0 Å². The van der Waals surface area contributed by atoms with Crippen molar-refractivity contribution in [1.29, 1.82) is 0 Å². The van der Waals surface area contributed by atoms with Crippen molar-refractivity contribution in [3.05, 3.63) is 23.3 Å².